The maximum atomic E-state index is 13.0. The minimum atomic E-state index is -0.590. The highest BCUT2D eigenvalue weighted by Crippen LogP contribution is 2.38. The number of anilines is 1. The number of aryl methyl sites for hydroxylation is 2. The molecule has 7 heteroatoms. The number of fused-ring (bicyclic) bond motifs is 1. The summed E-state index contributed by atoms with van der Waals surface area (Å²) in [5, 5.41) is 14.6. The van der Waals surface area contributed by atoms with E-state index in [1.165, 1.54) is 42.1 Å². The SMILES string of the molecule is CCCOc1ccc(/C=C(\C#N)C(=O)Nc2scc(-c3ccc4c(c3)CCCC4)c2C(=O)OC)cc1. The number of nitrogens with zero attached hydrogens (tertiary/aromatic N) is 1. The molecule has 0 unspecified atom stereocenters. The molecule has 0 atom stereocenters. The lowest BCUT2D eigenvalue weighted by molar-refractivity contribution is -0.112. The molecule has 36 heavy (non-hydrogen) atoms. The maximum Gasteiger partial charge on any atom is 0.341 e. The highest BCUT2D eigenvalue weighted by molar-refractivity contribution is 7.15. The molecule has 1 heterocycles. The summed E-state index contributed by atoms with van der Waals surface area (Å²) in [6.45, 7) is 2.65. The van der Waals surface area contributed by atoms with E-state index in [0.29, 0.717) is 28.3 Å². The van der Waals surface area contributed by atoms with Gasteiger partial charge in [-0.25, -0.2) is 4.79 Å². The van der Waals surface area contributed by atoms with E-state index in [2.05, 4.69) is 17.4 Å². The molecule has 0 aliphatic heterocycles. The van der Waals surface area contributed by atoms with E-state index >= 15 is 0 Å². The van der Waals surface area contributed by atoms with Crippen molar-refractivity contribution in [2.45, 2.75) is 39.0 Å². The van der Waals surface area contributed by atoms with Crippen LogP contribution in [0.4, 0.5) is 5.00 Å². The molecule has 0 fully saturated rings. The Morgan fingerprint density at radius 2 is 1.86 bits per heavy atom. The highest BCUT2D eigenvalue weighted by atomic mass is 32.1. The summed E-state index contributed by atoms with van der Waals surface area (Å²) in [6.07, 6.45) is 6.86. The molecule has 1 N–H and O–H groups in total. The van der Waals surface area contributed by atoms with E-state index in [9.17, 15) is 14.9 Å². The zero-order chi connectivity index (χ0) is 25.5. The topological polar surface area (TPSA) is 88.4 Å². The summed E-state index contributed by atoms with van der Waals surface area (Å²) in [6, 6.07) is 15.4. The van der Waals surface area contributed by atoms with Gasteiger partial charge in [0.15, 0.2) is 0 Å². The van der Waals surface area contributed by atoms with Gasteiger partial charge in [0.25, 0.3) is 5.91 Å². The number of hydrogen-bond acceptors (Lipinski definition) is 6. The Morgan fingerprint density at radius 1 is 1.11 bits per heavy atom. The second-order valence-electron chi connectivity index (χ2n) is 8.58. The number of amides is 1. The predicted octanol–water partition coefficient (Wildman–Crippen LogP) is 6.41. The second-order valence-corrected chi connectivity index (χ2v) is 9.46. The number of carbonyl (C=O) groups is 2. The highest BCUT2D eigenvalue weighted by Gasteiger charge is 2.24. The Balaban J connectivity index is 1.59. The van der Waals surface area contributed by atoms with Crippen LogP contribution in [0.1, 0.15) is 53.2 Å². The number of esters is 1. The first-order valence-corrected chi connectivity index (χ1v) is 12.9. The number of methoxy groups -OCH3 is 1. The lowest BCUT2D eigenvalue weighted by atomic mass is 9.89. The van der Waals surface area contributed by atoms with Gasteiger partial charge in [-0.1, -0.05) is 37.3 Å². The molecule has 1 aliphatic rings. The van der Waals surface area contributed by atoms with Crippen LogP contribution in [0.5, 0.6) is 5.75 Å². The third kappa shape index (κ3) is 5.67. The number of ether oxygens (including phenoxy) is 2. The third-order valence-corrected chi connectivity index (χ3v) is 6.99. The number of carbonyl (C=O) groups excluding carboxylic acids is 2. The van der Waals surface area contributed by atoms with Crippen molar-refractivity contribution >= 4 is 34.3 Å². The monoisotopic (exact) mass is 500 g/mol. The number of rotatable bonds is 8. The van der Waals surface area contributed by atoms with Crippen LogP contribution in [0, 0.1) is 11.3 Å². The lowest BCUT2D eigenvalue weighted by Crippen LogP contribution is -2.15. The van der Waals surface area contributed by atoms with Crippen LogP contribution < -0.4 is 10.1 Å². The summed E-state index contributed by atoms with van der Waals surface area (Å²) < 4.78 is 10.6. The smallest absolute Gasteiger partial charge is 0.341 e. The molecule has 0 bridgehead atoms. The standard InChI is InChI=1S/C29H28N2O4S/c1-3-14-35-24-12-8-19(9-13-24)15-23(17-30)27(32)31-28-26(29(33)34-2)25(18-36-28)22-11-10-20-6-4-5-7-21(20)16-22/h8-13,15-16,18H,3-7,14H2,1-2H3,(H,31,32)/b23-15+. The summed E-state index contributed by atoms with van der Waals surface area (Å²) in [5.41, 5.74) is 5.18. The Kier molecular flexibility index (Phi) is 8.19. The van der Waals surface area contributed by atoms with Crippen LogP contribution in [0.3, 0.4) is 0 Å². The third-order valence-electron chi connectivity index (χ3n) is 6.10. The lowest BCUT2D eigenvalue weighted by Gasteiger charge is -2.16. The van der Waals surface area contributed by atoms with Gasteiger partial charge in [-0.2, -0.15) is 5.26 Å². The van der Waals surface area contributed by atoms with Gasteiger partial charge < -0.3 is 14.8 Å². The van der Waals surface area contributed by atoms with Crippen molar-refractivity contribution in [3.63, 3.8) is 0 Å². The molecular formula is C29H28N2O4S. The van der Waals surface area contributed by atoms with Crippen molar-refractivity contribution in [1.29, 1.82) is 5.26 Å². The van der Waals surface area contributed by atoms with E-state index in [0.717, 1.165) is 37.0 Å². The van der Waals surface area contributed by atoms with Crippen molar-refractivity contribution in [3.8, 4) is 22.9 Å². The number of thiophene rings is 1. The van der Waals surface area contributed by atoms with Crippen LogP contribution in [0.25, 0.3) is 17.2 Å². The molecule has 0 radical (unpaired) electrons. The average Bonchev–Trinajstić information content (AvgIpc) is 3.33. The molecule has 3 aromatic rings. The maximum absolute atomic E-state index is 13.0. The summed E-state index contributed by atoms with van der Waals surface area (Å²) in [7, 11) is 1.32. The molecule has 2 aromatic carbocycles. The van der Waals surface area contributed by atoms with Crippen LogP contribution >= 0.6 is 11.3 Å². The van der Waals surface area contributed by atoms with Crippen LogP contribution in [0.2, 0.25) is 0 Å². The predicted molar refractivity (Wildman–Crippen MR) is 142 cm³/mol. The normalized spacial score (nSPS) is 12.9. The zero-order valence-electron chi connectivity index (χ0n) is 20.4. The van der Waals surface area contributed by atoms with E-state index in [1.807, 2.05) is 24.4 Å². The van der Waals surface area contributed by atoms with Crippen LogP contribution in [-0.4, -0.2) is 25.6 Å². The molecule has 1 aromatic heterocycles. The fourth-order valence-electron chi connectivity index (χ4n) is 4.23. The molecule has 0 spiro atoms. The molecule has 1 aliphatic carbocycles. The molecule has 4 rings (SSSR count). The van der Waals surface area contributed by atoms with E-state index < -0.39 is 11.9 Å². The van der Waals surface area contributed by atoms with Gasteiger partial charge in [-0.15, -0.1) is 11.3 Å². The minimum Gasteiger partial charge on any atom is -0.494 e. The average molecular weight is 501 g/mol. The number of nitrogens with one attached hydrogen (secondary N) is 1. The summed E-state index contributed by atoms with van der Waals surface area (Å²) in [5.74, 6) is -0.398. The van der Waals surface area contributed by atoms with E-state index in [4.69, 9.17) is 9.47 Å². The second kappa shape index (κ2) is 11.7. The van der Waals surface area contributed by atoms with Gasteiger partial charge in [-0.05, 0) is 72.6 Å². The summed E-state index contributed by atoms with van der Waals surface area (Å²) >= 11 is 1.24. The number of benzene rings is 2. The first-order chi connectivity index (χ1) is 17.5. The molecule has 184 valence electrons. The van der Waals surface area contributed by atoms with Crippen LogP contribution in [0.15, 0.2) is 53.4 Å². The first-order valence-electron chi connectivity index (χ1n) is 12.0. The van der Waals surface area contributed by atoms with E-state index in [1.54, 1.807) is 24.3 Å². The van der Waals surface area contributed by atoms with Crippen molar-refractivity contribution < 1.29 is 19.1 Å². The van der Waals surface area contributed by atoms with Gasteiger partial charge in [0.1, 0.15) is 28.0 Å². The Morgan fingerprint density at radius 3 is 2.56 bits per heavy atom. The van der Waals surface area contributed by atoms with Crippen molar-refractivity contribution in [2.24, 2.45) is 0 Å². The minimum absolute atomic E-state index is 0.0724. The first kappa shape index (κ1) is 25.2. The number of hydrogen-bond donors (Lipinski definition) is 1. The molecule has 0 saturated heterocycles. The van der Waals surface area contributed by atoms with Gasteiger partial charge in [-0.3, -0.25) is 4.79 Å². The largest absolute Gasteiger partial charge is 0.494 e. The molecule has 0 saturated carbocycles. The van der Waals surface area contributed by atoms with Gasteiger partial charge in [0, 0.05) is 10.9 Å². The summed E-state index contributed by atoms with van der Waals surface area (Å²) in [4.78, 5) is 25.7. The van der Waals surface area contributed by atoms with Gasteiger partial charge >= 0.3 is 5.97 Å². The van der Waals surface area contributed by atoms with Crippen molar-refractivity contribution in [1.82, 2.24) is 0 Å². The fraction of sp³-hybridized carbons (Fsp3) is 0.276. The van der Waals surface area contributed by atoms with Crippen molar-refractivity contribution in [2.75, 3.05) is 19.0 Å². The Hall–Kier alpha value is -3.89. The van der Waals surface area contributed by atoms with Gasteiger partial charge in [0.2, 0.25) is 0 Å². The van der Waals surface area contributed by atoms with Crippen molar-refractivity contribution in [3.05, 3.63) is 75.7 Å². The Bertz CT molecular complexity index is 1330. The quantitative estimate of drug-likeness (QED) is 0.219. The van der Waals surface area contributed by atoms with Gasteiger partial charge in [0.05, 0.1) is 13.7 Å². The molecule has 6 nitrogen and oxygen atoms in total. The van der Waals surface area contributed by atoms with Crippen LogP contribution in [-0.2, 0) is 22.4 Å². The fourth-order valence-corrected chi connectivity index (χ4v) is 5.19. The zero-order valence-corrected chi connectivity index (χ0v) is 21.2. The number of nitriles is 1. The molecular weight excluding hydrogens is 472 g/mol. The molecule has 1 amide bonds. The Labute approximate surface area is 215 Å². The van der Waals surface area contributed by atoms with E-state index in [-0.39, 0.29) is 5.57 Å².